The Bertz CT molecular complexity index is 958. The lowest BCUT2D eigenvalue weighted by Crippen LogP contribution is -2.14. The van der Waals surface area contributed by atoms with Gasteiger partial charge < -0.3 is 14.2 Å². The number of benzene rings is 3. The number of para-hydroxylation sites is 4. The highest BCUT2D eigenvalue weighted by atomic mass is 16.6. The Kier molecular flexibility index (Phi) is 6.20. The summed E-state index contributed by atoms with van der Waals surface area (Å²) in [5.41, 5.74) is -0.120. The Balaban J connectivity index is 1.64. The highest BCUT2D eigenvalue weighted by Gasteiger charge is 2.20. The van der Waals surface area contributed by atoms with E-state index in [1.54, 1.807) is 24.3 Å². The summed E-state index contributed by atoms with van der Waals surface area (Å²) < 4.78 is 16.4. The Labute approximate surface area is 161 Å². The van der Waals surface area contributed by atoms with Gasteiger partial charge in [0.25, 0.3) is 0 Å². The molecule has 0 N–H and O–H groups in total. The van der Waals surface area contributed by atoms with E-state index < -0.39 is 10.9 Å². The molecule has 0 saturated heterocycles. The van der Waals surface area contributed by atoms with Gasteiger partial charge in [-0.1, -0.05) is 42.5 Å². The Hall–Kier alpha value is -3.87. The van der Waals surface area contributed by atoms with Crippen molar-refractivity contribution in [1.82, 2.24) is 0 Å². The fourth-order valence-electron chi connectivity index (χ4n) is 2.44. The van der Waals surface area contributed by atoms with Gasteiger partial charge in [0.05, 0.1) is 4.92 Å². The van der Waals surface area contributed by atoms with Crippen LogP contribution in [-0.2, 0) is 0 Å². The molecular formula is C21H17NO6. The highest BCUT2D eigenvalue weighted by Crippen LogP contribution is 2.28. The number of rotatable bonds is 8. The predicted molar refractivity (Wildman–Crippen MR) is 102 cm³/mol. The third kappa shape index (κ3) is 4.85. The van der Waals surface area contributed by atoms with Gasteiger partial charge in [0, 0.05) is 6.07 Å². The summed E-state index contributed by atoms with van der Waals surface area (Å²) in [6, 6.07) is 21.5. The van der Waals surface area contributed by atoms with E-state index in [-0.39, 0.29) is 30.2 Å². The Morgan fingerprint density at radius 2 is 1.39 bits per heavy atom. The number of nitro benzene ring substituents is 1. The van der Waals surface area contributed by atoms with Crippen LogP contribution in [0.4, 0.5) is 5.69 Å². The second-order valence-corrected chi connectivity index (χ2v) is 5.62. The molecule has 7 nitrogen and oxygen atoms in total. The van der Waals surface area contributed by atoms with Crippen LogP contribution in [0.3, 0.4) is 0 Å². The van der Waals surface area contributed by atoms with Crippen LogP contribution in [-0.4, -0.2) is 24.1 Å². The van der Waals surface area contributed by atoms with Crippen molar-refractivity contribution >= 4 is 11.7 Å². The minimum atomic E-state index is -0.742. The van der Waals surface area contributed by atoms with Crippen molar-refractivity contribution in [2.75, 3.05) is 13.2 Å². The van der Waals surface area contributed by atoms with Crippen LogP contribution in [0.5, 0.6) is 17.2 Å². The summed E-state index contributed by atoms with van der Waals surface area (Å²) in [6.45, 7) is 0.502. The van der Waals surface area contributed by atoms with Crippen LogP contribution in [0, 0.1) is 10.1 Å². The van der Waals surface area contributed by atoms with E-state index in [4.69, 9.17) is 14.2 Å². The lowest BCUT2D eigenvalue weighted by Gasteiger charge is -2.12. The number of carbonyl (C=O) groups excluding carboxylic acids is 1. The fourth-order valence-corrected chi connectivity index (χ4v) is 2.44. The number of nitro groups is 1. The summed E-state index contributed by atoms with van der Waals surface area (Å²) in [5.74, 6) is 0.159. The van der Waals surface area contributed by atoms with Gasteiger partial charge in [-0.2, -0.15) is 0 Å². The van der Waals surface area contributed by atoms with E-state index in [1.165, 1.54) is 24.3 Å². The molecule has 0 aliphatic rings. The molecule has 3 aromatic carbocycles. The molecule has 0 aromatic heterocycles. The summed E-state index contributed by atoms with van der Waals surface area (Å²) in [7, 11) is 0. The first-order chi connectivity index (χ1) is 13.6. The monoisotopic (exact) mass is 379 g/mol. The van der Waals surface area contributed by atoms with E-state index in [0.717, 1.165) is 5.75 Å². The molecule has 0 amide bonds. The van der Waals surface area contributed by atoms with Gasteiger partial charge in [-0.3, -0.25) is 10.1 Å². The Morgan fingerprint density at radius 3 is 2.14 bits per heavy atom. The van der Waals surface area contributed by atoms with Gasteiger partial charge in [-0.15, -0.1) is 0 Å². The van der Waals surface area contributed by atoms with Crippen molar-refractivity contribution in [2.45, 2.75) is 0 Å². The third-order valence-corrected chi connectivity index (χ3v) is 3.72. The zero-order chi connectivity index (χ0) is 19.8. The van der Waals surface area contributed by atoms with E-state index in [1.807, 2.05) is 30.3 Å². The first-order valence-electron chi connectivity index (χ1n) is 8.50. The van der Waals surface area contributed by atoms with Crippen molar-refractivity contribution in [3.8, 4) is 17.2 Å². The van der Waals surface area contributed by atoms with Crippen LogP contribution in [0.2, 0.25) is 0 Å². The molecule has 0 radical (unpaired) electrons. The number of ether oxygens (including phenoxy) is 3. The van der Waals surface area contributed by atoms with Gasteiger partial charge in [0.15, 0.2) is 0 Å². The molecule has 0 atom stereocenters. The molecule has 0 aliphatic heterocycles. The van der Waals surface area contributed by atoms with Crippen LogP contribution in [0.1, 0.15) is 10.4 Å². The SMILES string of the molecule is O=C(Oc1ccccc1[N+](=O)[O-])c1ccccc1OCCOc1ccccc1. The molecule has 7 heteroatoms. The molecule has 142 valence electrons. The van der Waals surface area contributed by atoms with Crippen molar-refractivity contribution in [2.24, 2.45) is 0 Å². The average Bonchev–Trinajstić information content (AvgIpc) is 2.72. The lowest BCUT2D eigenvalue weighted by atomic mass is 10.2. The molecular weight excluding hydrogens is 362 g/mol. The second-order valence-electron chi connectivity index (χ2n) is 5.62. The second kappa shape index (κ2) is 9.18. The molecule has 0 heterocycles. The number of hydrogen-bond acceptors (Lipinski definition) is 6. The summed E-state index contributed by atoms with van der Waals surface area (Å²) in [6.07, 6.45) is 0. The smallest absolute Gasteiger partial charge is 0.347 e. The topological polar surface area (TPSA) is 87.9 Å². The molecule has 0 saturated carbocycles. The molecule has 0 spiro atoms. The number of nitrogens with zero attached hydrogens (tertiary/aromatic N) is 1. The first-order valence-corrected chi connectivity index (χ1v) is 8.50. The standard InChI is InChI=1S/C21H17NO6/c23-21(28-20-13-7-5-11-18(20)22(24)25)17-10-4-6-12-19(17)27-15-14-26-16-8-2-1-3-9-16/h1-13H,14-15H2. The zero-order valence-corrected chi connectivity index (χ0v) is 14.8. The van der Waals surface area contributed by atoms with E-state index in [2.05, 4.69) is 0 Å². The maximum atomic E-state index is 12.5. The van der Waals surface area contributed by atoms with Crippen LogP contribution in [0.25, 0.3) is 0 Å². The number of hydrogen-bond donors (Lipinski definition) is 0. The van der Waals surface area contributed by atoms with Gasteiger partial charge >= 0.3 is 11.7 Å². The molecule has 0 unspecified atom stereocenters. The largest absolute Gasteiger partial charge is 0.490 e. The van der Waals surface area contributed by atoms with Gasteiger partial charge in [-0.05, 0) is 30.3 Å². The minimum absolute atomic E-state index is 0.125. The van der Waals surface area contributed by atoms with E-state index >= 15 is 0 Å². The maximum absolute atomic E-state index is 12.5. The normalized spacial score (nSPS) is 10.1. The lowest BCUT2D eigenvalue weighted by molar-refractivity contribution is -0.385. The predicted octanol–water partition coefficient (Wildman–Crippen LogP) is 4.27. The van der Waals surface area contributed by atoms with Crippen molar-refractivity contribution in [1.29, 1.82) is 0 Å². The Morgan fingerprint density at radius 1 is 0.786 bits per heavy atom. The third-order valence-electron chi connectivity index (χ3n) is 3.72. The van der Waals surface area contributed by atoms with E-state index in [9.17, 15) is 14.9 Å². The van der Waals surface area contributed by atoms with Crippen molar-refractivity contribution in [3.05, 3.63) is 94.5 Å². The summed E-state index contributed by atoms with van der Waals surface area (Å²) in [5, 5.41) is 11.1. The first kappa shape index (κ1) is 18.9. The van der Waals surface area contributed by atoms with Gasteiger partial charge in [0.2, 0.25) is 5.75 Å². The molecule has 3 rings (SSSR count). The number of carbonyl (C=O) groups is 1. The van der Waals surface area contributed by atoms with Gasteiger partial charge in [0.1, 0.15) is 30.3 Å². The summed E-state index contributed by atoms with van der Waals surface area (Å²) in [4.78, 5) is 23.0. The number of esters is 1. The maximum Gasteiger partial charge on any atom is 0.347 e. The molecule has 3 aromatic rings. The molecule has 0 fully saturated rings. The van der Waals surface area contributed by atoms with Crippen LogP contribution >= 0.6 is 0 Å². The molecule has 0 bridgehead atoms. The van der Waals surface area contributed by atoms with Crippen molar-refractivity contribution < 1.29 is 23.9 Å². The summed E-state index contributed by atoms with van der Waals surface area (Å²) >= 11 is 0. The van der Waals surface area contributed by atoms with Crippen LogP contribution < -0.4 is 14.2 Å². The van der Waals surface area contributed by atoms with Crippen LogP contribution in [0.15, 0.2) is 78.9 Å². The minimum Gasteiger partial charge on any atom is -0.490 e. The highest BCUT2D eigenvalue weighted by molar-refractivity contribution is 5.94. The molecule has 0 aliphatic carbocycles. The van der Waals surface area contributed by atoms with Crippen molar-refractivity contribution in [3.63, 3.8) is 0 Å². The van der Waals surface area contributed by atoms with E-state index in [0.29, 0.717) is 5.75 Å². The quantitative estimate of drug-likeness (QED) is 0.191. The zero-order valence-electron chi connectivity index (χ0n) is 14.8. The fraction of sp³-hybridized carbons (Fsp3) is 0.0952. The average molecular weight is 379 g/mol. The molecule has 28 heavy (non-hydrogen) atoms. The van der Waals surface area contributed by atoms with Gasteiger partial charge in [-0.25, -0.2) is 4.79 Å².